The number of halogens is 1. The van der Waals surface area contributed by atoms with Gasteiger partial charge in [0.1, 0.15) is 11.5 Å². The number of aliphatic hydroxyl groups is 1. The molecule has 2 fully saturated rings. The molecule has 1 amide bonds. The van der Waals surface area contributed by atoms with E-state index in [2.05, 4.69) is 6.92 Å². The highest BCUT2D eigenvalue weighted by Gasteiger charge is 2.56. The zero-order valence-corrected chi connectivity index (χ0v) is 15.9. The van der Waals surface area contributed by atoms with Gasteiger partial charge in [-0.15, -0.1) is 0 Å². The van der Waals surface area contributed by atoms with Crippen LogP contribution in [-0.4, -0.2) is 34.6 Å². The molecule has 1 aromatic carbocycles. The van der Waals surface area contributed by atoms with Crippen molar-refractivity contribution in [2.24, 2.45) is 5.41 Å². The number of aryl methyl sites for hydroxylation is 1. The van der Waals surface area contributed by atoms with Gasteiger partial charge in [0.15, 0.2) is 0 Å². The molecule has 0 unspecified atom stereocenters. The zero-order valence-electron chi connectivity index (χ0n) is 15.2. The van der Waals surface area contributed by atoms with Gasteiger partial charge in [-0.2, -0.15) is 0 Å². The van der Waals surface area contributed by atoms with Crippen LogP contribution in [0.2, 0.25) is 5.02 Å². The zero-order chi connectivity index (χ0) is 18.5. The Labute approximate surface area is 158 Å². The van der Waals surface area contributed by atoms with Crippen molar-refractivity contribution in [2.75, 3.05) is 6.61 Å². The minimum Gasteiger partial charge on any atom is -0.460 e. The predicted octanol–water partition coefficient (Wildman–Crippen LogP) is 4.67. The molecule has 2 aromatic rings. The summed E-state index contributed by atoms with van der Waals surface area (Å²) >= 11 is 6.28. The van der Waals surface area contributed by atoms with E-state index < -0.39 is 0 Å². The maximum absolute atomic E-state index is 13.3. The molecule has 3 heterocycles. The first-order valence-corrected chi connectivity index (χ1v) is 9.67. The molecule has 0 aliphatic carbocycles. The second-order valence-corrected chi connectivity index (χ2v) is 8.01. The summed E-state index contributed by atoms with van der Waals surface area (Å²) < 4.78 is 5.88. The van der Waals surface area contributed by atoms with Crippen LogP contribution in [0.5, 0.6) is 0 Å². The van der Waals surface area contributed by atoms with Gasteiger partial charge in [-0.3, -0.25) is 4.79 Å². The van der Waals surface area contributed by atoms with Gasteiger partial charge in [0.2, 0.25) is 0 Å². The van der Waals surface area contributed by atoms with Crippen molar-refractivity contribution < 1.29 is 14.3 Å². The lowest BCUT2D eigenvalue weighted by atomic mass is 9.72. The quantitative estimate of drug-likeness (QED) is 0.846. The van der Waals surface area contributed by atoms with Crippen molar-refractivity contribution in [1.82, 2.24) is 4.90 Å². The summed E-state index contributed by atoms with van der Waals surface area (Å²) in [5, 5.41) is 10.6. The van der Waals surface area contributed by atoms with Gasteiger partial charge in [0.05, 0.1) is 17.2 Å². The number of hydrogen-bond acceptors (Lipinski definition) is 3. The van der Waals surface area contributed by atoms with Crippen LogP contribution < -0.4 is 0 Å². The fourth-order valence-electron chi connectivity index (χ4n) is 4.89. The van der Waals surface area contributed by atoms with E-state index in [1.165, 1.54) is 0 Å². The first kappa shape index (κ1) is 17.6. The van der Waals surface area contributed by atoms with Gasteiger partial charge in [-0.05, 0) is 50.8 Å². The molecule has 0 saturated carbocycles. The van der Waals surface area contributed by atoms with Crippen molar-refractivity contribution in [2.45, 2.75) is 51.6 Å². The number of rotatable bonds is 4. The lowest BCUT2D eigenvalue weighted by molar-refractivity contribution is 0.0556. The molecule has 0 spiro atoms. The summed E-state index contributed by atoms with van der Waals surface area (Å²) in [7, 11) is 0. The summed E-state index contributed by atoms with van der Waals surface area (Å²) in [6.45, 7) is 4.08. The number of amides is 1. The molecule has 1 N–H and O–H groups in total. The smallest absolute Gasteiger partial charge is 0.257 e. The van der Waals surface area contributed by atoms with Gasteiger partial charge in [-0.25, -0.2) is 0 Å². The van der Waals surface area contributed by atoms with Crippen LogP contribution in [0.25, 0.3) is 11.3 Å². The largest absolute Gasteiger partial charge is 0.460 e. The van der Waals surface area contributed by atoms with Gasteiger partial charge >= 0.3 is 0 Å². The average molecular weight is 374 g/mol. The van der Waals surface area contributed by atoms with Crippen LogP contribution in [0.3, 0.4) is 0 Å². The van der Waals surface area contributed by atoms with Gasteiger partial charge < -0.3 is 14.4 Å². The molecule has 4 nitrogen and oxygen atoms in total. The van der Waals surface area contributed by atoms with E-state index in [-0.39, 0.29) is 30.0 Å². The van der Waals surface area contributed by atoms with Gasteiger partial charge in [-0.1, -0.05) is 30.7 Å². The Kier molecular flexibility index (Phi) is 4.36. The van der Waals surface area contributed by atoms with E-state index in [9.17, 15) is 9.90 Å². The Bertz CT molecular complexity index is 840. The molecular formula is C21H24ClNO3. The molecular weight excluding hydrogens is 350 g/mol. The highest BCUT2D eigenvalue weighted by molar-refractivity contribution is 6.33. The van der Waals surface area contributed by atoms with E-state index in [0.717, 1.165) is 31.2 Å². The minimum atomic E-state index is -0.151. The topological polar surface area (TPSA) is 53.7 Å². The van der Waals surface area contributed by atoms with Crippen molar-refractivity contribution in [1.29, 1.82) is 0 Å². The van der Waals surface area contributed by atoms with Crippen molar-refractivity contribution in [3.8, 4) is 11.3 Å². The van der Waals surface area contributed by atoms with Crippen LogP contribution in [0.4, 0.5) is 0 Å². The van der Waals surface area contributed by atoms with E-state index in [0.29, 0.717) is 22.1 Å². The normalized spacial score (nSPS) is 27.3. The SMILES string of the molecule is CC[C@@]1(CO)C[C@@H]2CC[C@H]1N2C(=O)c1cc(-c2ccccc2Cl)oc1C. The Morgan fingerprint density at radius 2 is 2.15 bits per heavy atom. The number of fused-ring (bicyclic) bond motifs is 2. The summed E-state index contributed by atoms with van der Waals surface area (Å²) in [5.74, 6) is 1.25. The second kappa shape index (κ2) is 6.43. The summed E-state index contributed by atoms with van der Waals surface area (Å²) in [6.07, 6.45) is 3.78. The Balaban J connectivity index is 1.67. The monoisotopic (exact) mass is 373 g/mol. The number of aliphatic hydroxyl groups excluding tert-OH is 1. The second-order valence-electron chi connectivity index (χ2n) is 7.60. The molecule has 0 radical (unpaired) electrons. The number of carbonyl (C=O) groups excluding carboxylic acids is 1. The summed E-state index contributed by atoms with van der Waals surface area (Å²) in [5.41, 5.74) is 1.24. The standard InChI is InChI=1S/C21H24ClNO3/c1-3-21(12-24)11-14-8-9-19(21)23(14)20(25)16-10-18(26-13(16)2)15-6-4-5-7-17(15)22/h4-7,10,14,19,24H,3,8-9,11-12H2,1-2H3/t14-,19+,21-/m0/s1. The Hall–Kier alpha value is -1.78. The Morgan fingerprint density at radius 3 is 2.81 bits per heavy atom. The van der Waals surface area contributed by atoms with Gasteiger partial charge in [0, 0.05) is 23.1 Å². The van der Waals surface area contributed by atoms with Crippen molar-refractivity contribution in [3.05, 3.63) is 46.7 Å². The predicted molar refractivity (Wildman–Crippen MR) is 101 cm³/mol. The fraction of sp³-hybridized carbons (Fsp3) is 0.476. The maximum Gasteiger partial charge on any atom is 0.257 e. The number of benzene rings is 1. The minimum absolute atomic E-state index is 0.0147. The summed E-state index contributed by atoms with van der Waals surface area (Å²) in [4.78, 5) is 15.3. The first-order valence-electron chi connectivity index (χ1n) is 9.29. The first-order chi connectivity index (χ1) is 12.5. The third kappa shape index (κ3) is 2.50. The van der Waals surface area contributed by atoms with Crippen LogP contribution in [0, 0.1) is 12.3 Å². The average Bonchev–Trinajstić information content (AvgIpc) is 3.32. The highest BCUT2D eigenvalue weighted by Crippen LogP contribution is 2.52. The van der Waals surface area contributed by atoms with Crippen LogP contribution in [0.15, 0.2) is 34.7 Å². The molecule has 138 valence electrons. The molecule has 2 bridgehead atoms. The fourth-order valence-corrected chi connectivity index (χ4v) is 5.12. The third-order valence-corrected chi connectivity index (χ3v) is 6.72. The highest BCUT2D eigenvalue weighted by atomic mass is 35.5. The molecule has 5 heteroatoms. The summed E-state index contributed by atoms with van der Waals surface area (Å²) in [6, 6.07) is 9.62. The van der Waals surface area contributed by atoms with E-state index in [1.54, 1.807) is 0 Å². The lowest BCUT2D eigenvalue weighted by Crippen LogP contribution is -2.42. The molecule has 26 heavy (non-hydrogen) atoms. The molecule has 2 aliphatic heterocycles. The van der Waals surface area contributed by atoms with Crippen LogP contribution in [-0.2, 0) is 0 Å². The lowest BCUT2D eigenvalue weighted by Gasteiger charge is -2.34. The van der Waals surface area contributed by atoms with Crippen molar-refractivity contribution in [3.63, 3.8) is 0 Å². The van der Waals surface area contributed by atoms with E-state index in [4.69, 9.17) is 16.0 Å². The Morgan fingerprint density at radius 1 is 1.38 bits per heavy atom. The molecule has 3 atom stereocenters. The van der Waals surface area contributed by atoms with E-state index in [1.807, 2.05) is 42.2 Å². The third-order valence-electron chi connectivity index (χ3n) is 6.39. The molecule has 4 rings (SSSR count). The number of carbonyl (C=O) groups is 1. The maximum atomic E-state index is 13.3. The van der Waals surface area contributed by atoms with Crippen molar-refractivity contribution >= 4 is 17.5 Å². The number of nitrogens with zero attached hydrogens (tertiary/aromatic N) is 1. The molecule has 2 saturated heterocycles. The number of furan rings is 1. The van der Waals surface area contributed by atoms with Crippen LogP contribution >= 0.6 is 11.6 Å². The number of hydrogen-bond donors (Lipinski definition) is 1. The van der Waals surface area contributed by atoms with Crippen LogP contribution in [0.1, 0.15) is 48.7 Å². The van der Waals surface area contributed by atoms with Gasteiger partial charge in [0.25, 0.3) is 5.91 Å². The van der Waals surface area contributed by atoms with E-state index >= 15 is 0 Å². The molecule has 1 aromatic heterocycles. The molecule has 2 aliphatic rings.